The van der Waals surface area contributed by atoms with Crippen LogP contribution >= 0.6 is 0 Å². The molecule has 0 bridgehead atoms. The smallest absolute Gasteiger partial charge is 0.228 e. The number of aryl methyl sites for hydroxylation is 1. The summed E-state index contributed by atoms with van der Waals surface area (Å²) in [4.78, 5) is 11.1. The van der Waals surface area contributed by atoms with Crippen LogP contribution < -0.4 is 10.6 Å². The number of carbonyl (C=O) groups is 1. The van der Waals surface area contributed by atoms with E-state index in [1.807, 2.05) is 12.1 Å². The SMILES string of the molecule is CCCNCCC.CCCc1cccc2c1CC(=O)N2. The van der Waals surface area contributed by atoms with Crippen LogP contribution in [0, 0.1) is 0 Å². The van der Waals surface area contributed by atoms with E-state index < -0.39 is 0 Å². The summed E-state index contributed by atoms with van der Waals surface area (Å²) in [6.45, 7) is 8.87. The molecule has 1 aliphatic rings. The molecule has 0 atom stereocenters. The van der Waals surface area contributed by atoms with Gasteiger partial charge in [0.25, 0.3) is 0 Å². The molecule has 0 aromatic heterocycles. The summed E-state index contributed by atoms with van der Waals surface area (Å²) in [6.07, 6.45) is 5.26. The Morgan fingerprint density at radius 2 is 1.80 bits per heavy atom. The van der Waals surface area contributed by atoms with Crippen LogP contribution in [0.3, 0.4) is 0 Å². The van der Waals surface area contributed by atoms with Gasteiger partial charge in [-0.3, -0.25) is 4.79 Å². The molecule has 1 aliphatic heterocycles. The van der Waals surface area contributed by atoms with Crippen LogP contribution in [0.5, 0.6) is 0 Å². The van der Waals surface area contributed by atoms with Gasteiger partial charge >= 0.3 is 0 Å². The first-order valence-electron chi connectivity index (χ1n) is 7.84. The van der Waals surface area contributed by atoms with Crippen molar-refractivity contribution in [2.24, 2.45) is 0 Å². The Labute approximate surface area is 123 Å². The number of carbonyl (C=O) groups excluding carboxylic acids is 1. The molecule has 1 aromatic rings. The van der Waals surface area contributed by atoms with E-state index in [1.165, 1.54) is 37.1 Å². The van der Waals surface area contributed by atoms with Gasteiger partial charge in [-0.1, -0.05) is 39.3 Å². The summed E-state index contributed by atoms with van der Waals surface area (Å²) in [7, 11) is 0. The molecule has 0 spiro atoms. The lowest BCUT2D eigenvalue weighted by atomic mass is 10.0. The van der Waals surface area contributed by atoms with Gasteiger partial charge in [0.1, 0.15) is 0 Å². The molecule has 20 heavy (non-hydrogen) atoms. The second-order valence-electron chi connectivity index (χ2n) is 5.17. The highest BCUT2D eigenvalue weighted by Gasteiger charge is 2.19. The molecular formula is C17H28N2O. The molecule has 2 N–H and O–H groups in total. The summed E-state index contributed by atoms with van der Waals surface area (Å²) >= 11 is 0. The van der Waals surface area contributed by atoms with Crippen molar-refractivity contribution in [1.29, 1.82) is 0 Å². The molecule has 0 radical (unpaired) electrons. The van der Waals surface area contributed by atoms with E-state index in [-0.39, 0.29) is 5.91 Å². The van der Waals surface area contributed by atoms with Crippen molar-refractivity contribution in [3.8, 4) is 0 Å². The summed E-state index contributed by atoms with van der Waals surface area (Å²) in [5, 5.41) is 6.14. The Balaban J connectivity index is 0.000000246. The second-order valence-corrected chi connectivity index (χ2v) is 5.17. The van der Waals surface area contributed by atoms with E-state index >= 15 is 0 Å². The molecule has 0 fully saturated rings. The monoisotopic (exact) mass is 276 g/mol. The normalized spacial score (nSPS) is 12.4. The number of nitrogens with one attached hydrogen (secondary N) is 2. The van der Waals surface area contributed by atoms with E-state index in [0.29, 0.717) is 6.42 Å². The molecule has 1 aromatic carbocycles. The van der Waals surface area contributed by atoms with Gasteiger partial charge in [0.2, 0.25) is 5.91 Å². The van der Waals surface area contributed by atoms with E-state index in [2.05, 4.69) is 37.5 Å². The standard InChI is InChI=1S/C11H13NO.C6H15N/c1-2-4-8-5-3-6-10-9(8)7-11(13)12-10;1-3-5-7-6-4-2/h3,5-6H,2,4,7H2,1H3,(H,12,13);7H,3-6H2,1-2H3. The number of rotatable bonds is 6. The van der Waals surface area contributed by atoms with Gasteiger partial charge in [-0.25, -0.2) is 0 Å². The number of fused-ring (bicyclic) bond motifs is 1. The van der Waals surface area contributed by atoms with Crippen LogP contribution in [0.15, 0.2) is 18.2 Å². The Morgan fingerprint density at radius 3 is 2.40 bits per heavy atom. The topological polar surface area (TPSA) is 41.1 Å². The number of hydrogen-bond acceptors (Lipinski definition) is 2. The third-order valence-electron chi connectivity index (χ3n) is 3.26. The van der Waals surface area contributed by atoms with Crippen LogP contribution in [-0.4, -0.2) is 19.0 Å². The molecular weight excluding hydrogens is 248 g/mol. The first kappa shape index (κ1) is 16.7. The molecule has 1 heterocycles. The fraction of sp³-hybridized carbons (Fsp3) is 0.588. The van der Waals surface area contributed by atoms with Gasteiger partial charge in [-0.15, -0.1) is 0 Å². The summed E-state index contributed by atoms with van der Waals surface area (Å²) in [5.41, 5.74) is 3.53. The molecule has 2 rings (SSSR count). The molecule has 1 amide bonds. The predicted octanol–water partition coefficient (Wildman–Crippen LogP) is 3.53. The molecule has 0 saturated heterocycles. The first-order valence-corrected chi connectivity index (χ1v) is 7.84. The zero-order valence-electron chi connectivity index (χ0n) is 13.1. The van der Waals surface area contributed by atoms with Crippen LogP contribution in [0.1, 0.15) is 51.2 Å². The lowest BCUT2D eigenvalue weighted by molar-refractivity contribution is -0.115. The van der Waals surface area contributed by atoms with Crippen molar-refractivity contribution in [1.82, 2.24) is 5.32 Å². The summed E-state index contributed by atoms with van der Waals surface area (Å²) in [5.74, 6) is 0.124. The molecule has 3 nitrogen and oxygen atoms in total. The van der Waals surface area contributed by atoms with Crippen molar-refractivity contribution >= 4 is 11.6 Å². The predicted molar refractivity (Wildman–Crippen MR) is 86.2 cm³/mol. The maximum absolute atomic E-state index is 11.1. The van der Waals surface area contributed by atoms with Crippen molar-refractivity contribution in [2.45, 2.75) is 52.9 Å². The minimum absolute atomic E-state index is 0.124. The third kappa shape index (κ3) is 5.33. The highest BCUT2D eigenvalue weighted by molar-refractivity contribution is 5.99. The Bertz CT molecular complexity index is 411. The Morgan fingerprint density at radius 1 is 1.10 bits per heavy atom. The highest BCUT2D eigenvalue weighted by Crippen LogP contribution is 2.26. The maximum atomic E-state index is 11.1. The van der Waals surface area contributed by atoms with Crippen molar-refractivity contribution in [3.05, 3.63) is 29.3 Å². The number of hydrogen-bond donors (Lipinski definition) is 2. The van der Waals surface area contributed by atoms with Gasteiger partial charge in [-0.2, -0.15) is 0 Å². The summed E-state index contributed by atoms with van der Waals surface area (Å²) in [6, 6.07) is 6.09. The van der Waals surface area contributed by atoms with Gasteiger partial charge < -0.3 is 10.6 Å². The van der Waals surface area contributed by atoms with Crippen molar-refractivity contribution in [2.75, 3.05) is 18.4 Å². The van der Waals surface area contributed by atoms with Crippen LogP contribution in [0.4, 0.5) is 5.69 Å². The largest absolute Gasteiger partial charge is 0.326 e. The van der Waals surface area contributed by atoms with E-state index in [0.717, 1.165) is 18.5 Å². The average molecular weight is 276 g/mol. The van der Waals surface area contributed by atoms with Crippen LogP contribution in [0.25, 0.3) is 0 Å². The number of benzene rings is 1. The molecule has 3 heteroatoms. The minimum atomic E-state index is 0.124. The maximum Gasteiger partial charge on any atom is 0.228 e. The van der Waals surface area contributed by atoms with Gasteiger partial charge in [0, 0.05) is 5.69 Å². The molecule has 0 unspecified atom stereocenters. The van der Waals surface area contributed by atoms with E-state index in [9.17, 15) is 4.79 Å². The number of amides is 1. The van der Waals surface area contributed by atoms with Crippen molar-refractivity contribution < 1.29 is 4.79 Å². The fourth-order valence-corrected chi connectivity index (χ4v) is 2.30. The van der Waals surface area contributed by atoms with Crippen LogP contribution in [-0.2, 0) is 17.6 Å². The lowest BCUT2D eigenvalue weighted by Gasteiger charge is -2.04. The summed E-state index contributed by atoms with van der Waals surface area (Å²) < 4.78 is 0. The minimum Gasteiger partial charge on any atom is -0.326 e. The average Bonchev–Trinajstić information content (AvgIpc) is 2.82. The zero-order valence-corrected chi connectivity index (χ0v) is 13.1. The van der Waals surface area contributed by atoms with Gasteiger partial charge in [0.05, 0.1) is 6.42 Å². The van der Waals surface area contributed by atoms with Gasteiger partial charge in [-0.05, 0) is 49.5 Å². The molecule has 0 aliphatic carbocycles. The quantitative estimate of drug-likeness (QED) is 0.780. The van der Waals surface area contributed by atoms with Gasteiger partial charge in [0.15, 0.2) is 0 Å². The first-order chi connectivity index (χ1) is 9.72. The Hall–Kier alpha value is -1.35. The second kappa shape index (κ2) is 9.54. The highest BCUT2D eigenvalue weighted by atomic mass is 16.1. The van der Waals surface area contributed by atoms with Crippen LogP contribution in [0.2, 0.25) is 0 Å². The van der Waals surface area contributed by atoms with E-state index in [1.54, 1.807) is 0 Å². The molecule has 112 valence electrons. The third-order valence-corrected chi connectivity index (χ3v) is 3.26. The lowest BCUT2D eigenvalue weighted by Crippen LogP contribution is -2.14. The molecule has 0 saturated carbocycles. The van der Waals surface area contributed by atoms with E-state index in [4.69, 9.17) is 0 Å². The Kier molecular flexibility index (Phi) is 7.97. The number of anilines is 1. The van der Waals surface area contributed by atoms with Crippen molar-refractivity contribution in [3.63, 3.8) is 0 Å². The zero-order chi connectivity index (χ0) is 14.8. The fourth-order valence-electron chi connectivity index (χ4n) is 2.30.